The second-order valence-electron chi connectivity index (χ2n) is 5.90. The van der Waals surface area contributed by atoms with Gasteiger partial charge in [-0.15, -0.1) is 0 Å². The van der Waals surface area contributed by atoms with E-state index in [4.69, 9.17) is 18.9 Å². The average molecular weight is 474 g/mol. The van der Waals surface area contributed by atoms with E-state index in [1.807, 2.05) is 0 Å². The summed E-state index contributed by atoms with van der Waals surface area (Å²) in [6.07, 6.45) is -0.326. The third-order valence-corrected chi connectivity index (χ3v) is 3.63. The Bertz CT molecular complexity index is 718. The van der Waals surface area contributed by atoms with Crippen molar-refractivity contribution in [2.45, 2.75) is 12.8 Å². The lowest BCUT2D eigenvalue weighted by atomic mass is 10.2. The normalized spacial score (nSPS) is 10.9. The van der Waals surface area contributed by atoms with Gasteiger partial charge in [0, 0.05) is 0 Å². The van der Waals surface area contributed by atoms with Crippen LogP contribution in [-0.4, -0.2) is 71.9 Å². The van der Waals surface area contributed by atoms with E-state index >= 15 is 0 Å². The fourth-order valence-corrected chi connectivity index (χ4v) is 2.01. The van der Waals surface area contributed by atoms with Crippen molar-refractivity contribution in [3.63, 3.8) is 0 Å². The molecule has 32 heavy (non-hydrogen) atoms. The van der Waals surface area contributed by atoms with Crippen LogP contribution in [0.25, 0.3) is 0 Å². The minimum atomic E-state index is -2.35. The average Bonchev–Trinajstić information content (AvgIpc) is 2.79. The molecule has 0 fully saturated rings. The van der Waals surface area contributed by atoms with Gasteiger partial charge in [-0.1, -0.05) is 0 Å². The Morgan fingerprint density at radius 1 is 0.562 bits per heavy atom. The van der Waals surface area contributed by atoms with Gasteiger partial charge in [-0.25, -0.2) is 13.2 Å². The van der Waals surface area contributed by atoms with Gasteiger partial charge in [0.05, 0.1) is 72.8 Å². The molecule has 0 aliphatic heterocycles. The standard InChI is InChI=1S/C19H23F5O8/c1-27-12(25)2-4-28-6-8-30-10-11-31-9-7-29-5-3-13(26)32-19-17(23)15(21)14(20)16(22)18(19)24/h2-11H2,1H3. The molecule has 0 saturated carbocycles. The number of rotatable bonds is 16. The highest BCUT2D eigenvalue weighted by molar-refractivity contribution is 5.72. The molecule has 0 heterocycles. The molecule has 0 aliphatic rings. The van der Waals surface area contributed by atoms with Crippen LogP contribution >= 0.6 is 0 Å². The molecule has 0 aromatic heterocycles. The summed E-state index contributed by atoms with van der Waals surface area (Å²) in [4.78, 5) is 22.4. The minimum absolute atomic E-state index is 0.0758. The van der Waals surface area contributed by atoms with Crippen molar-refractivity contribution in [1.29, 1.82) is 0 Å². The second-order valence-corrected chi connectivity index (χ2v) is 5.90. The van der Waals surface area contributed by atoms with Crippen molar-refractivity contribution in [1.82, 2.24) is 0 Å². The summed E-state index contributed by atoms with van der Waals surface area (Å²) in [5, 5.41) is 0. The largest absolute Gasteiger partial charge is 0.469 e. The molecule has 13 heteroatoms. The van der Waals surface area contributed by atoms with Crippen LogP contribution in [0.15, 0.2) is 0 Å². The zero-order valence-corrected chi connectivity index (χ0v) is 17.2. The summed E-state index contributed by atoms with van der Waals surface area (Å²) in [5.74, 6) is -14.5. The van der Waals surface area contributed by atoms with E-state index in [1.54, 1.807) is 0 Å². The lowest BCUT2D eigenvalue weighted by molar-refractivity contribution is -0.142. The summed E-state index contributed by atoms with van der Waals surface area (Å²) in [6.45, 7) is 1.41. The van der Waals surface area contributed by atoms with Gasteiger partial charge in [0.15, 0.2) is 0 Å². The van der Waals surface area contributed by atoms with E-state index in [0.717, 1.165) is 0 Å². The first-order valence-corrected chi connectivity index (χ1v) is 9.39. The fraction of sp³-hybridized carbons (Fsp3) is 0.579. The van der Waals surface area contributed by atoms with Gasteiger partial charge in [-0.2, -0.15) is 8.78 Å². The Morgan fingerprint density at radius 2 is 0.906 bits per heavy atom. The zero-order valence-electron chi connectivity index (χ0n) is 17.2. The van der Waals surface area contributed by atoms with Crippen molar-refractivity contribution in [3.05, 3.63) is 29.1 Å². The maximum Gasteiger partial charge on any atom is 0.313 e. The van der Waals surface area contributed by atoms with E-state index in [2.05, 4.69) is 9.47 Å². The number of hydrogen-bond donors (Lipinski definition) is 0. The van der Waals surface area contributed by atoms with Crippen LogP contribution in [0.2, 0.25) is 0 Å². The molecule has 182 valence electrons. The fourth-order valence-electron chi connectivity index (χ4n) is 2.01. The number of halogens is 5. The minimum Gasteiger partial charge on any atom is -0.469 e. The van der Waals surface area contributed by atoms with Gasteiger partial charge in [-0.05, 0) is 0 Å². The van der Waals surface area contributed by atoms with Crippen molar-refractivity contribution in [2.75, 3.05) is 60.0 Å². The first-order chi connectivity index (χ1) is 15.3. The maximum atomic E-state index is 13.4. The van der Waals surface area contributed by atoms with E-state index in [9.17, 15) is 31.5 Å². The first kappa shape index (κ1) is 27.7. The van der Waals surface area contributed by atoms with Gasteiger partial charge >= 0.3 is 11.9 Å². The molecule has 1 rings (SSSR count). The molecule has 1 aromatic rings. The number of methoxy groups -OCH3 is 1. The summed E-state index contributed by atoms with van der Waals surface area (Å²) >= 11 is 0. The van der Waals surface area contributed by atoms with Gasteiger partial charge in [-0.3, -0.25) is 9.59 Å². The van der Waals surface area contributed by atoms with E-state index in [0.29, 0.717) is 13.2 Å². The van der Waals surface area contributed by atoms with E-state index in [1.165, 1.54) is 7.11 Å². The third kappa shape index (κ3) is 9.85. The summed E-state index contributed by atoms with van der Waals surface area (Å²) in [5.41, 5.74) is 0. The highest BCUT2D eigenvalue weighted by atomic mass is 19.2. The molecule has 8 nitrogen and oxygen atoms in total. The van der Waals surface area contributed by atoms with Gasteiger partial charge < -0.3 is 28.4 Å². The molecule has 0 unspecified atom stereocenters. The van der Waals surface area contributed by atoms with Crippen LogP contribution in [-0.2, 0) is 33.3 Å². The molecular formula is C19H23F5O8. The Hall–Kier alpha value is -2.35. The number of carbonyl (C=O) groups excluding carboxylic acids is 2. The number of benzene rings is 1. The van der Waals surface area contributed by atoms with Crippen LogP contribution in [0.3, 0.4) is 0 Å². The lowest BCUT2D eigenvalue weighted by Crippen LogP contribution is -2.16. The van der Waals surface area contributed by atoms with Crippen molar-refractivity contribution in [2.24, 2.45) is 0 Å². The molecule has 0 N–H and O–H groups in total. The monoisotopic (exact) mass is 474 g/mol. The molecule has 1 aromatic carbocycles. The Balaban J connectivity index is 2.04. The third-order valence-electron chi connectivity index (χ3n) is 3.63. The first-order valence-electron chi connectivity index (χ1n) is 9.39. The molecule has 0 bridgehead atoms. The number of ether oxygens (including phenoxy) is 6. The Morgan fingerprint density at radius 3 is 1.31 bits per heavy atom. The van der Waals surface area contributed by atoms with Crippen LogP contribution in [0.4, 0.5) is 22.0 Å². The van der Waals surface area contributed by atoms with Crippen LogP contribution in [0.5, 0.6) is 5.75 Å². The quantitative estimate of drug-likeness (QED) is 0.0901. The maximum absolute atomic E-state index is 13.4. The second kappa shape index (κ2) is 15.5. The Kier molecular flexibility index (Phi) is 13.4. The van der Waals surface area contributed by atoms with E-state index < -0.39 is 47.2 Å². The van der Waals surface area contributed by atoms with Gasteiger partial charge in [0.1, 0.15) is 0 Å². The highest BCUT2D eigenvalue weighted by Crippen LogP contribution is 2.29. The molecule has 0 aliphatic carbocycles. The smallest absolute Gasteiger partial charge is 0.313 e. The highest BCUT2D eigenvalue weighted by Gasteiger charge is 2.28. The van der Waals surface area contributed by atoms with Crippen molar-refractivity contribution >= 4 is 11.9 Å². The van der Waals surface area contributed by atoms with Crippen molar-refractivity contribution < 1.29 is 60.0 Å². The number of carbonyl (C=O) groups is 2. The molecule has 0 amide bonds. The van der Waals surface area contributed by atoms with Crippen molar-refractivity contribution in [3.8, 4) is 5.75 Å². The van der Waals surface area contributed by atoms with E-state index in [-0.39, 0.29) is 52.0 Å². The summed E-state index contributed by atoms with van der Waals surface area (Å²) < 4.78 is 95.1. The summed E-state index contributed by atoms with van der Waals surface area (Å²) in [7, 11) is 1.29. The molecule has 0 atom stereocenters. The molecule has 0 radical (unpaired) electrons. The van der Waals surface area contributed by atoms with Gasteiger partial charge in [0.2, 0.25) is 34.8 Å². The zero-order chi connectivity index (χ0) is 23.9. The summed E-state index contributed by atoms with van der Waals surface area (Å²) in [6, 6.07) is 0. The topological polar surface area (TPSA) is 89.5 Å². The molecule has 0 saturated heterocycles. The predicted octanol–water partition coefficient (Wildman–Crippen LogP) is 2.31. The van der Waals surface area contributed by atoms with Crippen LogP contribution < -0.4 is 4.74 Å². The molecule has 0 spiro atoms. The lowest BCUT2D eigenvalue weighted by Gasteiger charge is -2.09. The number of esters is 2. The van der Waals surface area contributed by atoms with Gasteiger partial charge in [0.25, 0.3) is 0 Å². The SMILES string of the molecule is COC(=O)CCOCCOCCOCCOCCC(=O)Oc1c(F)c(F)c(F)c(F)c1F. The number of hydrogen-bond acceptors (Lipinski definition) is 8. The predicted molar refractivity (Wildman–Crippen MR) is 96.4 cm³/mol. The molecular weight excluding hydrogens is 451 g/mol. The Labute approximate surface area is 180 Å². The van der Waals surface area contributed by atoms with Crippen LogP contribution in [0, 0.1) is 29.1 Å². The van der Waals surface area contributed by atoms with Crippen LogP contribution in [0.1, 0.15) is 12.8 Å².